The van der Waals surface area contributed by atoms with Crippen LogP contribution in [-0.4, -0.2) is 37.0 Å². The van der Waals surface area contributed by atoms with Crippen LogP contribution in [0, 0.1) is 5.82 Å². The zero-order chi connectivity index (χ0) is 14.8. The molecule has 1 unspecified atom stereocenters. The Balaban J connectivity index is 2.41. The van der Waals surface area contributed by atoms with Crippen LogP contribution in [0.3, 0.4) is 0 Å². The summed E-state index contributed by atoms with van der Waals surface area (Å²) < 4.78 is 13.8. The van der Waals surface area contributed by atoms with Crippen molar-refractivity contribution in [3.8, 4) is 0 Å². The number of hydrogen-bond donors (Lipinski definition) is 2. The van der Waals surface area contributed by atoms with Crippen LogP contribution < -0.4 is 11.1 Å². The fraction of sp³-hybridized carbons (Fsp3) is 0.500. The molecule has 0 spiro atoms. The lowest BCUT2D eigenvalue weighted by atomic mass is 9.89. The molecule has 1 atom stereocenters. The number of carbonyl (C=O) groups is 1. The Morgan fingerprint density at radius 2 is 2.20 bits per heavy atom. The normalized spacial score (nSPS) is 20.1. The standard InChI is InChI=1S/C14H19BrFN3O/c1-14(13(17)20,19-7-2-5-18-6-8-19)10-3-4-12(16)11(15)9-10/h3-4,9,18H,2,5-8H2,1H3,(H2,17,20). The SMILES string of the molecule is CC(C(N)=O)(c1ccc(F)c(Br)c1)N1CCCNCC1. The summed E-state index contributed by atoms with van der Waals surface area (Å²) in [6.45, 7) is 5.06. The molecule has 1 heterocycles. The highest BCUT2D eigenvalue weighted by molar-refractivity contribution is 9.10. The number of halogens is 2. The van der Waals surface area contributed by atoms with Crippen molar-refractivity contribution < 1.29 is 9.18 Å². The minimum atomic E-state index is -0.928. The van der Waals surface area contributed by atoms with E-state index in [4.69, 9.17) is 5.73 Å². The van der Waals surface area contributed by atoms with Crippen molar-refractivity contribution in [2.75, 3.05) is 26.2 Å². The van der Waals surface area contributed by atoms with E-state index in [2.05, 4.69) is 26.1 Å². The number of hydrogen-bond acceptors (Lipinski definition) is 3. The zero-order valence-corrected chi connectivity index (χ0v) is 13.0. The number of benzene rings is 1. The maximum Gasteiger partial charge on any atom is 0.242 e. The largest absolute Gasteiger partial charge is 0.368 e. The van der Waals surface area contributed by atoms with Crippen molar-refractivity contribution in [3.63, 3.8) is 0 Å². The van der Waals surface area contributed by atoms with Gasteiger partial charge in [0.1, 0.15) is 11.4 Å². The molecule has 0 aliphatic carbocycles. The summed E-state index contributed by atoms with van der Waals surface area (Å²) in [5.41, 5.74) is 5.44. The number of rotatable bonds is 3. The lowest BCUT2D eigenvalue weighted by molar-refractivity contribution is -0.130. The molecule has 1 aliphatic rings. The molecule has 1 aliphatic heterocycles. The number of nitrogens with two attached hydrogens (primary N) is 1. The molecular formula is C14H19BrFN3O. The number of nitrogens with one attached hydrogen (secondary N) is 1. The molecule has 3 N–H and O–H groups in total. The van der Waals surface area contributed by atoms with Gasteiger partial charge in [-0.2, -0.15) is 0 Å². The van der Waals surface area contributed by atoms with E-state index in [1.807, 2.05) is 0 Å². The highest BCUT2D eigenvalue weighted by Gasteiger charge is 2.39. The smallest absolute Gasteiger partial charge is 0.242 e. The molecule has 0 radical (unpaired) electrons. The molecule has 110 valence electrons. The molecule has 1 aromatic carbocycles. The monoisotopic (exact) mass is 343 g/mol. The van der Waals surface area contributed by atoms with Gasteiger partial charge >= 0.3 is 0 Å². The fourth-order valence-electron chi connectivity index (χ4n) is 2.57. The lowest BCUT2D eigenvalue weighted by Gasteiger charge is -2.38. The Hall–Kier alpha value is -0.980. The number of carbonyl (C=O) groups excluding carboxylic acids is 1. The van der Waals surface area contributed by atoms with Crippen LogP contribution in [0.15, 0.2) is 22.7 Å². The summed E-state index contributed by atoms with van der Waals surface area (Å²) in [5.74, 6) is -0.768. The van der Waals surface area contributed by atoms with E-state index in [1.54, 1.807) is 19.1 Å². The Kier molecular flexibility index (Phi) is 4.78. The lowest BCUT2D eigenvalue weighted by Crippen LogP contribution is -2.54. The second-order valence-corrected chi connectivity index (χ2v) is 6.01. The van der Waals surface area contributed by atoms with Crippen molar-refractivity contribution >= 4 is 21.8 Å². The van der Waals surface area contributed by atoms with Gasteiger partial charge < -0.3 is 11.1 Å². The Bertz CT molecular complexity index is 503. The fourth-order valence-corrected chi connectivity index (χ4v) is 2.95. The minimum Gasteiger partial charge on any atom is -0.368 e. The Morgan fingerprint density at radius 1 is 1.45 bits per heavy atom. The molecule has 0 bridgehead atoms. The van der Waals surface area contributed by atoms with Gasteiger partial charge in [-0.05, 0) is 53.5 Å². The predicted octanol–water partition coefficient (Wildman–Crippen LogP) is 1.58. The highest BCUT2D eigenvalue weighted by Crippen LogP contribution is 2.31. The average Bonchev–Trinajstić information content (AvgIpc) is 2.70. The number of primary amides is 1. The van der Waals surface area contributed by atoms with Crippen LogP contribution >= 0.6 is 15.9 Å². The van der Waals surface area contributed by atoms with E-state index < -0.39 is 11.4 Å². The third-order valence-corrected chi connectivity index (χ3v) is 4.54. The van der Waals surface area contributed by atoms with Gasteiger partial charge in [0.25, 0.3) is 0 Å². The molecular weight excluding hydrogens is 325 g/mol. The van der Waals surface area contributed by atoms with Gasteiger partial charge in [-0.3, -0.25) is 9.69 Å². The van der Waals surface area contributed by atoms with Gasteiger partial charge in [0.2, 0.25) is 5.91 Å². The van der Waals surface area contributed by atoms with Crippen molar-refractivity contribution in [3.05, 3.63) is 34.1 Å². The van der Waals surface area contributed by atoms with Crippen molar-refractivity contribution in [1.29, 1.82) is 0 Å². The van der Waals surface area contributed by atoms with Gasteiger partial charge in [0, 0.05) is 19.6 Å². The van der Waals surface area contributed by atoms with Crippen LogP contribution in [0.2, 0.25) is 0 Å². The first-order valence-electron chi connectivity index (χ1n) is 6.67. The van der Waals surface area contributed by atoms with Crippen molar-refractivity contribution in [2.24, 2.45) is 5.73 Å². The van der Waals surface area contributed by atoms with Crippen LogP contribution in [0.1, 0.15) is 18.9 Å². The molecule has 4 nitrogen and oxygen atoms in total. The number of nitrogens with zero attached hydrogens (tertiary/aromatic N) is 1. The van der Waals surface area contributed by atoms with E-state index in [1.165, 1.54) is 6.07 Å². The first kappa shape index (κ1) is 15.4. The Morgan fingerprint density at radius 3 is 2.85 bits per heavy atom. The molecule has 2 rings (SSSR count). The maximum atomic E-state index is 13.4. The molecule has 1 amide bonds. The predicted molar refractivity (Wildman–Crippen MR) is 79.7 cm³/mol. The zero-order valence-electron chi connectivity index (χ0n) is 11.5. The summed E-state index contributed by atoms with van der Waals surface area (Å²) in [5, 5.41) is 3.30. The molecule has 1 fully saturated rings. The van der Waals surface area contributed by atoms with Gasteiger partial charge in [-0.25, -0.2) is 4.39 Å². The summed E-state index contributed by atoms with van der Waals surface area (Å²) in [7, 11) is 0. The van der Waals surface area contributed by atoms with E-state index in [9.17, 15) is 9.18 Å². The van der Waals surface area contributed by atoms with Crippen molar-refractivity contribution in [2.45, 2.75) is 18.9 Å². The van der Waals surface area contributed by atoms with E-state index >= 15 is 0 Å². The van der Waals surface area contributed by atoms with Gasteiger partial charge in [-0.1, -0.05) is 6.07 Å². The van der Waals surface area contributed by atoms with Gasteiger partial charge in [-0.15, -0.1) is 0 Å². The third-order valence-electron chi connectivity index (χ3n) is 3.93. The first-order valence-corrected chi connectivity index (χ1v) is 7.46. The second kappa shape index (κ2) is 6.20. The van der Waals surface area contributed by atoms with Gasteiger partial charge in [0.05, 0.1) is 4.47 Å². The van der Waals surface area contributed by atoms with Crippen LogP contribution in [-0.2, 0) is 10.3 Å². The van der Waals surface area contributed by atoms with E-state index in [0.717, 1.165) is 32.6 Å². The summed E-state index contributed by atoms with van der Waals surface area (Å²) in [6, 6.07) is 4.62. The molecule has 1 saturated heterocycles. The molecule has 0 saturated carbocycles. The highest BCUT2D eigenvalue weighted by atomic mass is 79.9. The molecule has 6 heteroatoms. The number of amides is 1. The Labute approximate surface area is 126 Å². The summed E-state index contributed by atoms with van der Waals surface area (Å²) >= 11 is 3.17. The summed E-state index contributed by atoms with van der Waals surface area (Å²) in [6.07, 6.45) is 0.950. The van der Waals surface area contributed by atoms with Crippen LogP contribution in [0.5, 0.6) is 0 Å². The first-order chi connectivity index (χ1) is 9.46. The summed E-state index contributed by atoms with van der Waals surface area (Å²) in [4.78, 5) is 14.1. The third kappa shape index (κ3) is 2.87. The minimum absolute atomic E-state index is 0.343. The second-order valence-electron chi connectivity index (χ2n) is 5.16. The molecule has 20 heavy (non-hydrogen) atoms. The van der Waals surface area contributed by atoms with Crippen LogP contribution in [0.4, 0.5) is 4.39 Å². The quantitative estimate of drug-likeness (QED) is 0.876. The van der Waals surface area contributed by atoms with Crippen LogP contribution in [0.25, 0.3) is 0 Å². The van der Waals surface area contributed by atoms with E-state index in [-0.39, 0.29) is 5.82 Å². The van der Waals surface area contributed by atoms with E-state index in [0.29, 0.717) is 10.0 Å². The molecule has 0 aromatic heterocycles. The maximum absolute atomic E-state index is 13.4. The van der Waals surface area contributed by atoms with Crippen molar-refractivity contribution in [1.82, 2.24) is 10.2 Å². The van der Waals surface area contributed by atoms with Gasteiger partial charge in [0.15, 0.2) is 0 Å². The molecule has 1 aromatic rings. The topological polar surface area (TPSA) is 58.4 Å². The average molecular weight is 344 g/mol.